The van der Waals surface area contributed by atoms with Crippen LogP contribution in [0.4, 0.5) is 22.0 Å². The van der Waals surface area contributed by atoms with E-state index in [9.17, 15) is 30.4 Å². The van der Waals surface area contributed by atoms with Crippen molar-refractivity contribution < 1.29 is 35.2 Å². The molecule has 0 saturated carbocycles. The molecule has 1 saturated heterocycles. The summed E-state index contributed by atoms with van der Waals surface area (Å²) in [5.41, 5.74) is -0.676. The molecular formula is C19H16ClF5N4O3S. The number of alkyl halides is 2. The largest absolute Gasteiger partial charge is 0.384 e. The third kappa shape index (κ3) is 4.89. The molecule has 2 aliphatic heterocycles. The second-order valence-corrected chi connectivity index (χ2v) is 9.94. The van der Waals surface area contributed by atoms with Crippen molar-refractivity contribution in [2.75, 3.05) is 19.3 Å². The molecule has 1 N–H and O–H groups in total. The zero-order chi connectivity index (χ0) is 24.1. The molecule has 2 aliphatic rings. The van der Waals surface area contributed by atoms with Gasteiger partial charge in [0, 0.05) is 30.4 Å². The number of benzene rings is 1. The van der Waals surface area contributed by atoms with Crippen LogP contribution in [0, 0.1) is 17.5 Å². The van der Waals surface area contributed by atoms with E-state index in [-0.39, 0.29) is 35.1 Å². The number of sulfonamides is 1. The topological polar surface area (TPSA) is 83.9 Å². The first-order valence-electron chi connectivity index (χ1n) is 9.47. The number of likely N-dealkylation sites (tertiary alicyclic amines) is 1. The first kappa shape index (κ1) is 23.6. The maximum atomic E-state index is 14.4. The van der Waals surface area contributed by atoms with Crippen LogP contribution in [0.15, 0.2) is 29.6 Å². The smallest absolute Gasteiger partial charge is 0.282 e. The molecule has 0 radical (unpaired) electrons. The van der Waals surface area contributed by atoms with Gasteiger partial charge in [-0.1, -0.05) is 16.8 Å². The predicted molar refractivity (Wildman–Crippen MR) is 109 cm³/mol. The Balaban J connectivity index is 1.60. The molecular weight excluding hydrogens is 495 g/mol. The van der Waals surface area contributed by atoms with Gasteiger partial charge in [-0.15, -0.1) is 0 Å². The molecule has 0 amide bonds. The maximum absolute atomic E-state index is 14.4. The fraction of sp³-hybridized carbons (Fsp3) is 0.368. The molecule has 7 nitrogen and oxygen atoms in total. The van der Waals surface area contributed by atoms with Crippen molar-refractivity contribution in [3.8, 4) is 11.1 Å². The van der Waals surface area contributed by atoms with E-state index >= 15 is 0 Å². The molecule has 0 spiro atoms. The van der Waals surface area contributed by atoms with Crippen molar-refractivity contribution >= 4 is 27.5 Å². The Kier molecular flexibility index (Phi) is 5.99. The SMILES string of the molecule is CS(=O)(=O)N[C@@H]1CN(C2=NOC(c3ncc(Cl)cc3-c3c(F)cc(F)cc3F)C2)CC1(F)F. The third-order valence-corrected chi connectivity index (χ3v) is 6.07. The Hall–Kier alpha value is -2.51. The van der Waals surface area contributed by atoms with E-state index in [2.05, 4.69) is 10.1 Å². The summed E-state index contributed by atoms with van der Waals surface area (Å²) in [5.74, 6) is -6.77. The number of aromatic nitrogens is 1. The Labute approximate surface area is 190 Å². The summed E-state index contributed by atoms with van der Waals surface area (Å²) in [5, 5.41) is 3.85. The van der Waals surface area contributed by atoms with Crippen LogP contribution < -0.4 is 4.72 Å². The first-order valence-corrected chi connectivity index (χ1v) is 11.7. The van der Waals surface area contributed by atoms with Gasteiger partial charge in [0.05, 0.1) is 35.5 Å². The van der Waals surface area contributed by atoms with Crippen molar-refractivity contribution in [2.45, 2.75) is 24.5 Å². The van der Waals surface area contributed by atoms with Gasteiger partial charge in [-0.05, 0) is 6.07 Å². The van der Waals surface area contributed by atoms with Gasteiger partial charge >= 0.3 is 0 Å². The average molecular weight is 511 g/mol. The maximum Gasteiger partial charge on any atom is 0.282 e. The molecule has 3 heterocycles. The van der Waals surface area contributed by atoms with E-state index in [1.807, 2.05) is 4.72 Å². The number of oxime groups is 1. The molecule has 1 unspecified atom stereocenters. The van der Waals surface area contributed by atoms with Crippen LogP contribution in [-0.2, 0) is 14.9 Å². The quantitative estimate of drug-likeness (QED) is 0.637. The lowest BCUT2D eigenvalue weighted by Crippen LogP contribution is -2.46. The number of nitrogens with one attached hydrogen (secondary N) is 1. The zero-order valence-electron chi connectivity index (χ0n) is 16.8. The Morgan fingerprint density at radius 3 is 2.52 bits per heavy atom. The molecule has 1 aromatic heterocycles. The van der Waals surface area contributed by atoms with E-state index < -0.39 is 57.7 Å². The van der Waals surface area contributed by atoms with E-state index in [4.69, 9.17) is 16.4 Å². The predicted octanol–water partition coefficient (Wildman–Crippen LogP) is 3.46. The van der Waals surface area contributed by atoms with Crippen LogP contribution >= 0.6 is 11.6 Å². The summed E-state index contributed by atoms with van der Waals surface area (Å²) in [6, 6.07) is 0.561. The molecule has 1 fully saturated rings. The van der Waals surface area contributed by atoms with Gasteiger partial charge in [0.25, 0.3) is 5.92 Å². The number of nitrogens with zero attached hydrogens (tertiary/aromatic N) is 3. The lowest BCUT2D eigenvalue weighted by Gasteiger charge is -2.17. The number of pyridine rings is 1. The van der Waals surface area contributed by atoms with Crippen LogP contribution in [-0.4, -0.2) is 55.4 Å². The van der Waals surface area contributed by atoms with E-state index in [0.29, 0.717) is 12.1 Å². The molecule has 178 valence electrons. The lowest BCUT2D eigenvalue weighted by atomic mass is 9.98. The Bertz CT molecular complexity index is 1220. The van der Waals surface area contributed by atoms with Crippen molar-refractivity contribution in [1.29, 1.82) is 0 Å². The van der Waals surface area contributed by atoms with Crippen molar-refractivity contribution in [1.82, 2.24) is 14.6 Å². The summed E-state index contributed by atoms with van der Waals surface area (Å²) < 4.78 is 95.5. The molecule has 1 aromatic carbocycles. The average Bonchev–Trinajstić information content (AvgIpc) is 3.25. The minimum atomic E-state index is -3.88. The second kappa shape index (κ2) is 8.37. The number of hydrogen-bond acceptors (Lipinski definition) is 6. The molecule has 2 atom stereocenters. The highest BCUT2D eigenvalue weighted by Gasteiger charge is 2.51. The first-order chi connectivity index (χ1) is 15.3. The Morgan fingerprint density at radius 1 is 1.21 bits per heavy atom. The van der Waals surface area contributed by atoms with Crippen molar-refractivity contribution in [3.63, 3.8) is 0 Å². The monoisotopic (exact) mass is 510 g/mol. The Morgan fingerprint density at radius 2 is 1.88 bits per heavy atom. The molecule has 0 aliphatic carbocycles. The van der Waals surface area contributed by atoms with Crippen LogP contribution in [0.2, 0.25) is 5.02 Å². The van der Waals surface area contributed by atoms with Crippen LogP contribution in [0.5, 0.6) is 0 Å². The highest BCUT2D eigenvalue weighted by atomic mass is 35.5. The minimum Gasteiger partial charge on any atom is -0.384 e. The standard InChI is InChI=1S/C19H16ClF5N4O3S/c1-33(30,31)28-15-7-29(8-19(15,24)25)16-5-14(32-27-16)18-11(2-9(20)6-26-18)17-12(22)3-10(21)4-13(17)23/h2-4,6,14-15,28H,5,7-8H2,1H3/t14?,15-/m1/s1. The fourth-order valence-corrected chi connectivity index (χ4v) is 4.69. The number of rotatable bonds is 4. The molecule has 14 heteroatoms. The van der Waals surface area contributed by atoms with Gasteiger partial charge in [-0.25, -0.2) is 35.1 Å². The van der Waals surface area contributed by atoms with Gasteiger partial charge in [0.15, 0.2) is 6.10 Å². The summed E-state index contributed by atoms with van der Waals surface area (Å²) in [6.45, 7) is -1.17. The van der Waals surface area contributed by atoms with Gasteiger partial charge in [-0.2, -0.15) is 0 Å². The van der Waals surface area contributed by atoms with E-state index in [1.165, 1.54) is 12.3 Å². The summed E-state index contributed by atoms with van der Waals surface area (Å²) in [7, 11) is -3.88. The summed E-state index contributed by atoms with van der Waals surface area (Å²) >= 11 is 5.94. The summed E-state index contributed by atoms with van der Waals surface area (Å²) in [4.78, 5) is 10.6. The molecule has 2 aromatic rings. The van der Waals surface area contributed by atoms with Crippen molar-refractivity contribution in [2.24, 2.45) is 5.16 Å². The minimum absolute atomic E-state index is 0.0133. The highest BCUT2D eigenvalue weighted by molar-refractivity contribution is 7.88. The number of halogens is 6. The van der Waals surface area contributed by atoms with E-state index in [1.54, 1.807) is 0 Å². The van der Waals surface area contributed by atoms with Gasteiger partial charge in [0.1, 0.15) is 29.3 Å². The second-order valence-electron chi connectivity index (χ2n) is 7.72. The molecule has 4 rings (SSSR count). The van der Waals surface area contributed by atoms with Crippen molar-refractivity contribution in [3.05, 3.63) is 52.6 Å². The van der Waals surface area contributed by atoms with Gasteiger partial charge in [0.2, 0.25) is 10.0 Å². The molecule has 33 heavy (non-hydrogen) atoms. The van der Waals surface area contributed by atoms with Crippen LogP contribution in [0.1, 0.15) is 18.2 Å². The fourth-order valence-electron chi connectivity index (χ4n) is 3.77. The van der Waals surface area contributed by atoms with Gasteiger partial charge in [-0.3, -0.25) is 4.98 Å². The van der Waals surface area contributed by atoms with Crippen LogP contribution in [0.3, 0.4) is 0 Å². The highest BCUT2D eigenvalue weighted by Crippen LogP contribution is 2.39. The molecule has 0 bridgehead atoms. The normalized spacial score (nSPS) is 22.4. The number of hydrogen-bond donors (Lipinski definition) is 1. The zero-order valence-corrected chi connectivity index (χ0v) is 18.4. The van der Waals surface area contributed by atoms with E-state index in [0.717, 1.165) is 11.2 Å². The summed E-state index contributed by atoms with van der Waals surface area (Å²) in [6.07, 6.45) is 0.885. The lowest BCUT2D eigenvalue weighted by molar-refractivity contribution is -0.00123. The third-order valence-electron chi connectivity index (χ3n) is 5.16. The number of amidine groups is 1. The van der Waals surface area contributed by atoms with Gasteiger partial charge < -0.3 is 9.74 Å². The van der Waals surface area contributed by atoms with Crippen LogP contribution in [0.25, 0.3) is 11.1 Å².